The molecule has 0 aliphatic rings. The zero-order valence-electron chi connectivity index (χ0n) is 11.2. The van der Waals surface area contributed by atoms with Crippen LogP contribution < -0.4 is 16.4 Å². The predicted octanol–water partition coefficient (Wildman–Crippen LogP) is 2.47. The maximum atomic E-state index is 12.4. The zero-order valence-corrected chi connectivity index (χ0v) is 13.6. The summed E-state index contributed by atoms with van der Waals surface area (Å²) in [6.07, 6.45) is -3.67. The molecule has 0 fully saturated rings. The second-order valence-corrected chi connectivity index (χ2v) is 4.27. The average molecular weight is 384 g/mol. The van der Waals surface area contributed by atoms with Crippen molar-refractivity contribution >= 4 is 48.1 Å². The molecular formula is C11H16Cl3F3N4O. The Morgan fingerprint density at radius 2 is 1.95 bits per heavy atom. The first-order valence-electron chi connectivity index (χ1n) is 5.78. The van der Waals surface area contributed by atoms with E-state index in [0.29, 0.717) is 19.3 Å². The highest BCUT2D eigenvalue weighted by molar-refractivity contribution is 6.32. The Bertz CT molecular complexity index is 474. The minimum absolute atomic E-state index is 0. The lowest BCUT2D eigenvalue weighted by Crippen LogP contribution is -2.30. The van der Waals surface area contributed by atoms with Crippen LogP contribution in [0.25, 0.3) is 0 Å². The van der Waals surface area contributed by atoms with E-state index in [1.54, 1.807) is 0 Å². The fourth-order valence-corrected chi connectivity index (χ4v) is 1.55. The summed E-state index contributed by atoms with van der Waals surface area (Å²) in [5, 5.41) is 5.10. The normalized spacial score (nSPS) is 10.2. The maximum Gasteiger partial charge on any atom is 0.417 e. The first-order valence-corrected chi connectivity index (χ1v) is 6.15. The topological polar surface area (TPSA) is 80.0 Å². The molecule has 5 nitrogen and oxygen atoms in total. The number of anilines is 1. The van der Waals surface area contributed by atoms with Crippen LogP contribution in [0.4, 0.5) is 19.0 Å². The summed E-state index contributed by atoms with van der Waals surface area (Å²) in [5.74, 6) is -0.114. The maximum absolute atomic E-state index is 12.4. The van der Waals surface area contributed by atoms with E-state index < -0.39 is 11.7 Å². The Morgan fingerprint density at radius 1 is 1.32 bits per heavy atom. The van der Waals surface area contributed by atoms with Crippen LogP contribution in [0.2, 0.25) is 5.02 Å². The number of carbonyl (C=O) groups excluding carboxylic acids is 1. The molecule has 0 atom stereocenters. The summed E-state index contributed by atoms with van der Waals surface area (Å²) < 4.78 is 37.2. The summed E-state index contributed by atoms with van der Waals surface area (Å²) in [6.45, 7) is 0.915. The molecule has 0 aliphatic carbocycles. The molecule has 22 heavy (non-hydrogen) atoms. The number of halogens is 6. The number of carbonyl (C=O) groups is 1. The monoisotopic (exact) mass is 382 g/mol. The lowest BCUT2D eigenvalue weighted by Gasteiger charge is -2.10. The number of alkyl halides is 3. The highest BCUT2D eigenvalue weighted by atomic mass is 35.5. The van der Waals surface area contributed by atoms with E-state index in [2.05, 4.69) is 15.6 Å². The number of nitrogens with one attached hydrogen (secondary N) is 2. The number of amides is 1. The number of hydrogen-bond acceptors (Lipinski definition) is 4. The van der Waals surface area contributed by atoms with Crippen molar-refractivity contribution in [2.24, 2.45) is 5.73 Å². The van der Waals surface area contributed by atoms with E-state index in [4.69, 9.17) is 17.3 Å². The van der Waals surface area contributed by atoms with Gasteiger partial charge in [0.1, 0.15) is 5.82 Å². The predicted molar refractivity (Wildman–Crippen MR) is 83.9 cm³/mol. The lowest BCUT2D eigenvalue weighted by atomic mass is 10.2. The molecule has 0 spiro atoms. The van der Waals surface area contributed by atoms with Gasteiger partial charge in [0.2, 0.25) is 5.91 Å². The van der Waals surface area contributed by atoms with Crippen molar-refractivity contribution < 1.29 is 18.0 Å². The molecule has 0 saturated carbocycles. The van der Waals surface area contributed by atoms with Gasteiger partial charge in [0.25, 0.3) is 0 Å². The summed E-state index contributed by atoms with van der Waals surface area (Å²) in [5.41, 5.74) is 4.29. The fourth-order valence-electron chi connectivity index (χ4n) is 1.32. The molecule has 1 aromatic rings. The second-order valence-electron chi connectivity index (χ2n) is 3.87. The second kappa shape index (κ2) is 10.7. The van der Waals surface area contributed by atoms with Crippen LogP contribution in [0.15, 0.2) is 12.3 Å². The average Bonchev–Trinajstić information content (AvgIpc) is 2.37. The van der Waals surface area contributed by atoms with Crippen molar-refractivity contribution in [3.8, 4) is 0 Å². The minimum atomic E-state index is -4.49. The zero-order chi connectivity index (χ0) is 15.2. The Labute approximate surface area is 143 Å². The molecule has 0 bridgehead atoms. The first-order chi connectivity index (χ1) is 9.34. The van der Waals surface area contributed by atoms with Crippen molar-refractivity contribution in [2.45, 2.75) is 12.6 Å². The number of rotatable bonds is 6. The highest BCUT2D eigenvalue weighted by Gasteiger charge is 2.31. The molecule has 4 N–H and O–H groups in total. The fraction of sp³-hybridized carbons (Fsp3) is 0.455. The van der Waals surface area contributed by atoms with Gasteiger partial charge in [-0.15, -0.1) is 24.8 Å². The van der Waals surface area contributed by atoms with E-state index in [-0.39, 0.29) is 54.5 Å². The Kier molecular flexibility index (Phi) is 11.4. The molecule has 1 amide bonds. The number of nitrogens with two attached hydrogens (primary N) is 1. The molecule has 0 radical (unpaired) electrons. The Morgan fingerprint density at radius 3 is 2.45 bits per heavy atom. The molecule has 1 aromatic heterocycles. The quantitative estimate of drug-likeness (QED) is 0.705. The summed E-state index contributed by atoms with van der Waals surface area (Å²) in [7, 11) is 0. The van der Waals surface area contributed by atoms with Gasteiger partial charge in [-0.05, 0) is 6.07 Å². The van der Waals surface area contributed by atoms with Crippen LogP contribution in [0, 0.1) is 0 Å². The third-order valence-corrected chi connectivity index (χ3v) is 2.57. The smallest absolute Gasteiger partial charge is 0.368 e. The van der Waals surface area contributed by atoms with Crippen molar-refractivity contribution in [3.63, 3.8) is 0 Å². The number of hydrogen-bond donors (Lipinski definition) is 3. The SMILES string of the molecule is Cl.Cl.NCCNC(=O)CCNc1ncc(C(F)(F)F)cc1Cl. The number of aromatic nitrogens is 1. The van der Waals surface area contributed by atoms with Crippen molar-refractivity contribution in [1.82, 2.24) is 10.3 Å². The third-order valence-electron chi connectivity index (χ3n) is 2.28. The van der Waals surface area contributed by atoms with Gasteiger partial charge in [-0.1, -0.05) is 11.6 Å². The number of nitrogens with zero attached hydrogens (tertiary/aromatic N) is 1. The van der Waals surface area contributed by atoms with E-state index in [9.17, 15) is 18.0 Å². The van der Waals surface area contributed by atoms with Crippen molar-refractivity contribution in [1.29, 1.82) is 0 Å². The van der Waals surface area contributed by atoms with Crippen LogP contribution >= 0.6 is 36.4 Å². The summed E-state index contributed by atoms with van der Waals surface area (Å²) >= 11 is 5.69. The summed E-state index contributed by atoms with van der Waals surface area (Å²) in [4.78, 5) is 14.8. The van der Waals surface area contributed by atoms with Gasteiger partial charge in [-0.2, -0.15) is 13.2 Å². The minimum Gasteiger partial charge on any atom is -0.368 e. The van der Waals surface area contributed by atoms with Gasteiger partial charge in [0.05, 0.1) is 10.6 Å². The van der Waals surface area contributed by atoms with Crippen LogP contribution in [0.3, 0.4) is 0 Å². The molecule has 0 unspecified atom stereocenters. The lowest BCUT2D eigenvalue weighted by molar-refractivity contribution is -0.137. The van der Waals surface area contributed by atoms with E-state index >= 15 is 0 Å². The highest BCUT2D eigenvalue weighted by Crippen LogP contribution is 2.32. The third kappa shape index (κ3) is 7.88. The molecule has 0 aromatic carbocycles. The Hall–Kier alpha value is -0.960. The van der Waals surface area contributed by atoms with Gasteiger partial charge < -0.3 is 16.4 Å². The van der Waals surface area contributed by atoms with Crippen LogP contribution in [-0.2, 0) is 11.0 Å². The van der Waals surface area contributed by atoms with Gasteiger partial charge in [-0.3, -0.25) is 4.79 Å². The first kappa shape index (κ1) is 23.3. The molecule has 0 saturated heterocycles. The molecule has 128 valence electrons. The van der Waals surface area contributed by atoms with Crippen LogP contribution in [-0.4, -0.2) is 30.5 Å². The molecule has 1 rings (SSSR count). The Balaban J connectivity index is 0. The van der Waals surface area contributed by atoms with E-state index in [1.807, 2.05) is 0 Å². The standard InChI is InChI=1S/C11H14ClF3N4O.2ClH/c12-8-5-7(11(13,14)15)6-19-10(8)18-3-1-9(20)17-4-2-16;;/h5-6H,1-4,16H2,(H,17,20)(H,18,19);2*1H. The van der Waals surface area contributed by atoms with Crippen LogP contribution in [0.1, 0.15) is 12.0 Å². The molecule has 11 heteroatoms. The van der Waals surface area contributed by atoms with Gasteiger partial charge >= 0.3 is 6.18 Å². The molecule has 0 aliphatic heterocycles. The van der Waals surface area contributed by atoms with Crippen LogP contribution in [0.5, 0.6) is 0 Å². The number of pyridine rings is 1. The van der Waals surface area contributed by atoms with Gasteiger partial charge in [0.15, 0.2) is 0 Å². The molecule has 1 heterocycles. The largest absolute Gasteiger partial charge is 0.417 e. The van der Waals surface area contributed by atoms with Gasteiger partial charge in [-0.25, -0.2) is 4.98 Å². The summed E-state index contributed by atoms with van der Waals surface area (Å²) in [6, 6.07) is 0.783. The van der Waals surface area contributed by atoms with Crippen molar-refractivity contribution in [2.75, 3.05) is 25.0 Å². The van der Waals surface area contributed by atoms with E-state index in [0.717, 1.165) is 6.07 Å². The van der Waals surface area contributed by atoms with Crippen molar-refractivity contribution in [3.05, 3.63) is 22.8 Å². The molecular weight excluding hydrogens is 368 g/mol. The van der Waals surface area contributed by atoms with Gasteiger partial charge in [0, 0.05) is 32.3 Å². The van der Waals surface area contributed by atoms with E-state index in [1.165, 1.54) is 0 Å².